The Balaban J connectivity index is 3.55. The van der Waals surface area contributed by atoms with E-state index in [1.54, 1.807) is 6.08 Å². The smallest absolute Gasteiger partial charge is 0.324 e. The highest BCUT2D eigenvalue weighted by atomic mass is 16.4. The third-order valence-electron chi connectivity index (χ3n) is 0.924. The second-order valence-electron chi connectivity index (χ2n) is 1.80. The van der Waals surface area contributed by atoms with Crippen LogP contribution in [0.25, 0.3) is 0 Å². The summed E-state index contributed by atoms with van der Waals surface area (Å²) in [7, 11) is 0. The lowest BCUT2D eigenvalue weighted by Crippen LogP contribution is -2.27. The van der Waals surface area contributed by atoms with Crippen molar-refractivity contribution >= 4 is 5.97 Å². The third kappa shape index (κ3) is 4.05. The molecule has 10 heavy (non-hydrogen) atoms. The van der Waals surface area contributed by atoms with Gasteiger partial charge in [0, 0.05) is 6.61 Å². The minimum absolute atomic E-state index is 0.0167. The summed E-state index contributed by atoms with van der Waals surface area (Å²) in [6.07, 6.45) is 3.33. The number of aliphatic carboxylic acids is 1. The van der Waals surface area contributed by atoms with Crippen molar-refractivity contribution in [2.45, 2.75) is 12.5 Å². The van der Waals surface area contributed by atoms with Crippen molar-refractivity contribution in [1.29, 1.82) is 0 Å². The normalized spacial score (nSPS) is 13.8. The van der Waals surface area contributed by atoms with Gasteiger partial charge < -0.3 is 15.9 Å². The van der Waals surface area contributed by atoms with Gasteiger partial charge in [-0.25, -0.2) is 0 Å². The highest BCUT2D eigenvalue weighted by molar-refractivity contribution is 5.75. The predicted octanol–water partition coefficient (Wildman–Crippen LogP) is -0.663. The molecule has 0 amide bonds. The highest BCUT2D eigenvalue weighted by Gasteiger charge is 2.04. The average Bonchev–Trinajstić information content (AvgIpc) is 1.88. The molecule has 4 N–H and O–H groups in total. The number of aliphatic hydroxyl groups is 1. The van der Waals surface area contributed by atoms with Crippen molar-refractivity contribution in [3.8, 4) is 0 Å². The first-order valence-electron chi connectivity index (χ1n) is 2.94. The molecular weight excluding hydrogens is 134 g/mol. The monoisotopic (exact) mass is 145 g/mol. The zero-order valence-corrected chi connectivity index (χ0v) is 5.53. The summed E-state index contributed by atoms with van der Waals surface area (Å²) >= 11 is 0. The summed E-state index contributed by atoms with van der Waals surface area (Å²) in [6, 6.07) is -0.952. The Morgan fingerprint density at radius 1 is 1.70 bits per heavy atom. The average molecular weight is 145 g/mol. The number of carbonyl (C=O) groups is 1. The first-order chi connectivity index (χ1) is 4.68. The lowest BCUT2D eigenvalue weighted by Gasteiger charge is -1.96. The fourth-order valence-corrected chi connectivity index (χ4v) is 0.400. The molecule has 1 atom stereocenters. The second kappa shape index (κ2) is 4.96. The predicted molar refractivity (Wildman–Crippen MR) is 36.5 cm³/mol. The summed E-state index contributed by atoms with van der Waals surface area (Å²) in [5, 5.41) is 16.5. The van der Waals surface area contributed by atoms with Crippen LogP contribution in [0.1, 0.15) is 6.42 Å². The largest absolute Gasteiger partial charge is 0.480 e. The first kappa shape index (κ1) is 9.13. The maximum absolute atomic E-state index is 10.1. The molecular formula is C6H11NO3. The molecule has 0 aliphatic rings. The molecule has 0 radical (unpaired) electrons. The van der Waals surface area contributed by atoms with E-state index in [0.29, 0.717) is 6.42 Å². The van der Waals surface area contributed by atoms with Crippen molar-refractivity contribution in [2.24, 2.45) is 5.73 Å². The molecule has 0 fully saturated rings. The Bertz CT molecular complexity index is 133. The third-order valence-corrected chi connectivity index (χ3v) is 0.924. The molecule has 0 unspecified atom stereocenters. The van der Waals surface area contributed by atoms with Gasteiger partial charge in [-0.15, -0.1) is 0 Å². The molecule has 0 saturated heterocycles. The van der Waals surface area contributed by atoms with Gasteiger partial charge in [0.25, 0.3) is 0 Å². The number of carboxylic acids is 1. The zero-order chi connectivity index (χ0) is 7.98. The van der Waals surface area contributed by atoms with E-state index in [0.717, 1.165) is 0 Å². The van der Waals surface area contributed by atoms with Gasteiger partial charge in [0.15, 0.2) is 0 Å². The Labute approximate surface area is 59.0 Å². The van der Waals surface area contributed by atoms with Gasteiger partial charge in [0.1, 0.15) is 6.04 Å². The molecule has 0 bridgehead atoms. The molecule has 58 valence electrons. The van der Waals surface area contributed by atoms with Gasteiger partial charge in [-0.3, -0.25) is 4.79 Å². The minimum Gasteiger partial charge on any atom is -0.480 e. The van der Waals surface area contributed by atoms with E-state index in [1.807, 2.05) is 0 Å². The van der Waals surface area contributed by atoms with E-state index in [2.05, 4.69) is 0 Å². The van der Waals surface area contributed by atoms with E-state index in [-0.39, 0.29) is 6.61 Å². The fraction of sp³-hybridized carbons (Fsp3) is 0.500. The Morgan fingerprint density at radius 2 is 2.30 bits per heavy atom. The van der Waals surface area contributed by atoms with Crippen LogP contribution in [0.15, 0.2) is 12.2 Å². The van der Waals surface area contributed by atoms with Gasteiger partial charge in [-0.05, 0) is 6.42 Å². The lowest BCUT2D eigenvalue weighted by molar-refractivity contribution is -0.137. The summed E-state index contributed by atoms with van der Waals surface area (Å²) in [5.41, 5.74) is 5.09. The van der Waals surface area contributed by atoms with E-state index >= 15 is 0 Å². The van der Waals surface area contributed by atoms with Crippen molar-refractivity contribution in [3.63, 3.8) is 0 Å². The van der Waals surface area contributed by atoms with Gasteiger partial charge in [-0.2, -0.15) is 0 Å². The van der Waals surface area contributed by atoms with Crippen LogP contribution in [0.5, 0.6) is 0 Å². The molecule has 0 aliphatic carbocycles. The molecule has 0 saturated carbocycles. The summed E-state index contributed by atoms with van der Waals surface area (Å²) < 4.78 is 0. The maximum Gasteiger partial charge on any atom is 0.324 e. The van der Waals surface area contributed by atoms with Gasteiger partial charge in [0.2, 0.25) is 0 Å². The Morgan fingerprint density at radius 3 is 2.70 bits per heavy atom. The van der Waals surface area contributed by atoms with E-state index in [1.165, 1.54) is 6.08 Å². The number of hydrogen-bond acceptors (Lipinski definition) is 3. The van der Waals surface area contributed by atoms with Crippen molar-refractivity contribution in [1.82, 2.24) is 0 Å². The van der Waals surface area contributed by atoms with E-state index in [4.69, 9.17) is 15.9 Å². The maximum atomic E-state index is 10.1. The summed E-state index contributed by atoms with van der Waals surface area (Å²) in [5.74, 6) is -1.06. The van der Waals surface area contributed by atoms with Crippen LogP contribution >= 0.6 is 0 Å². The highest BCUT2D eigenvalue weighted by Crippen LogP contribution is 1.85. The van der Waals surface area contributed by atoms with Gasteiger partial charge in [0.05, 0.1) is 0 Å². The van der Waals surface area contributed by atoms with E-state index < -0.39 is 12.0 Å². The van der Waals surface area contributed by atoms with Crippen LogP contribution in [0, 0.1) is 0 Å². The number of aliphatic hydroxyl groups excluding tert-OH is 1. The molecule has 0 heterocycles. The minimum atomic E-state index is -1.06. The number of hydrogen-bond donors (Lipinski definition) is 3. The Hall–Kier alpha value is -0.870. The lowest BCUT2D eigenvalue weighted by atomic mass is 10.2. The quantitative estimate of drug-likeness (QED) is 0.458. The van der Waals surface area contributed by atoms with Gasteiger partial charge >= 0.3 is 5.97 Å². The summed E-state index contributed by atoms with van der Waals surface area (Å²) in [4.78, 5) is 10.1. The Kier molecular flexibility index (Phi) is 4.53. The standard InChI is InChI=1S/C6H11NO3/c7-5(6(9)10)3-1-2-4-8/h1,3,5,8H,2,4,7H2,(H,9,10)/b3-1+/t5-/m1/s1. The van der Waals surface area contributed by atoms with E-state index in [9.17, 15) is 4.79 Å². The molecule has 0 aromatic carbocycles. The van der Waals surface area contributed by atoms with Gasteiger partial charge in [-0.1, -0.05) is 12.2 Å². The van der Waals surface area contributed by atoms with Crippen LogP contribution in [-0.4, -0.2) is 28.8 Å². The zero-order valence-electron chi connectivity index (χ0n) is 5.53. The first-order valence-corrected chi connectivity index (χ1v) is 2.94. The number of carboxylic acid groups (broad SMARTS) is 1. The number of nitrogens with two attached hydrogens (primary N) is 1. The van der Waals surface area contributed by atoms with Crippen molar-refractivity contribution < 1.29 is 15.0 Å². The molecule has 0 aromatic heterocycles. The SMILES string of the molecule is N[C@H](/C=C/CCO)C(=O)O. The molecule has 4 heteroatoms. The van der Waals surface area contributed by atoms with Crippen LogP contribution in [0.2, 0.25) is 0 Å². The molecule has 0 rings (SSSR count). The molecule has 0 aromatic rings. The van der Waals surface area contributed by atoms with Crippen LogP contribution in [0.4, 0.5) is 0 Å². The fourth-order valence-electron chi connectivity index (χ4n) is 0.400. The van der Waals surface area contributed by atoms with Crippen molar-refractivity contribution in [3.05, 3.63) is 12.2 Å². The second-order valence-corrected chi connectivity index (χ2v) is 1.80. The molecule has 0 aliphatic heterocycles. The molecule has 4 nitrogen and oxygen atoms in total. The summed E-state index contributed by atoms with van der Waals surface area (Å²) in [6.45, 7) is 0.0167. The molecule has 0 spiro atoms. The van der Waals surface area contributed by atoms with Crippen LogP contribution in [-0.2, 0) is 4.79 Å². The van der Waals surface area contributed by atoms with Crippen LogP contribution < -0.4 is 5.73 Å². The van der Waals surface area contributed by atoms with Crippen molar-refractivity contribution in [2.75, 3.05) is 6.61 Å². The van der Waals surface area contributed by atoms with Crippen LogP contribution in [0.3, 0.4) is 0 Å². The number of rotatable bonds is 4. The topological polar surface area (TPSA) is 83.5 Å².